The maximum atomic E-state index is 11.6. The molecule has 0 bridgehead atoms. The van der Waals surface area contributed by atoms with Crippen LogP contribution in [-0.4, -0.2) is 22.1 Å². The lowest BCUT2D eigenvalue weighted by Crippen LogP contribution is -2.25. The summed E-state index contributed by atoms with van der Waals surface area (Å²) < 4.78 is 4.94. The molecule has 86 valence electrons. The third kappa shape index (κ3) is 2.18. The molecule has 0 saturated heterocycles. The van der Waals surface area contributed by atoms with Crippen molar-refractivity contribution in [2.75, 3.05) is 0 Å². The highest BCUT2D eigenvalue weighted by Gasteiger charge is 2.26. The molecule has 1 saturated carbocycles. The van der Waals surface area contributed by atoms with Gasteiger partial charge in [0.1, 0.15) is 0 Å². The second-order valence-corrected chi connectivity index (χ2v) is 4.04. The number of hydrogen-bond donors (Lipinski definition) is 1. The van der Waals surface area contributed by atoms with Crippen LogP contribution < -0.4 is 5.32 Å². The Labute approximate surface area is 97.8 Å². The van der Waals surface area contributed by atoms with Crippen molar-refractivity contribution in [1.29, 1.82) is 0 Å². The van der Waals surface area contributed by atoms with Crippen LogP contribution in [0.4, 0.5) is 0 Å². The second kappa shape index (κ2) is 4.01. The number of nitrogens with one attached hydrogen (secondary N) is 1. The first-order valence-electron chi connectivity index (χ1n) is 5.53. The molecule has 1 aliphatic rings. The number of carbonyl (C=O) groups excluding carboxylic acids is 1. The summed E-state index contributed by atoms with van der Waals surface area (Å²) in [6, 6.07) is 9.70. The minimum absolute atomic E-state index is 0.0238. The average molecular weight is 229 g/mol. The first kappa shape index (κ1) is 10.0. The van der Waals surface area contributed by atoms with Gasteiger partial charge in [-0.3, -0.25) is 4.79 Å². The maximum Gasteiger partial charge on any atom is 0.316 e. The molecule has 5 heteroatoms. The largest absolute Gasteiger partial charge is 0.345 e. The molecule has 1 fully saturated rings. The van der Waals surface area contributed by atoms with Crippen molar-refractivity contribution in [2.45, 2.75) is 18.9 Å². The third-order valence-corrected chi connectivity index (χ3v) is 2.56. The van der Waals surface area contributed by atoms with Gasteiger partial charge < -0.3 is 9.84 Å². The fourth-order valence-electron chi connectivity index (χ4n) is 1.49. The van der Waals surface area contributed by atoms with Gasteiger partial charge in [-0.2, -0.15) is 4.98 Å². The molecule has 1 heterocycles. The monoisotopic (exact) mass is 229 g/mol. The summed E-state index contributed by atoms with van der Waals surface area (Å²) in [7, 11) is 0. The summed E-state index contributed by atoms with van der Waals surface area (Å²) in [6.07, 6.45) is 2.07. The van der Waals surface area contributed by atoms with Gasteiger partial charge >= 0.3 is 11.8 Å². The van der Waals surface area contributed by atoms with Crippen molar-refractivity contribution >= 4 is 5.91 Å². The number of carbonyl (C=O) groups is 1. The molecule has 17 heavy (non-hydrogen) atoms. The van der Waals surface area contributed by atoms with Crippen molar-refractivity contribution in [2.24, 2.45) is 0 Å². The number of aromatic nitrogens is 2. The zero-order chi connectivity index (χ0) is 11.7. The van der Waals surface area contributed by atoms with Crippen LogP contribution in [0.25, 0.3) is 11.4 Å². The Morgan fingerprint density at radius 2 is 2.06 bits per heavy atom. The molecular weight excluding hydrogens is 218 g/mol. The summed E-state index contributed by atoms with van der Waals surface area (Å²) in [5, 5.41) is 6.59. The van der Waals surface area contributed by atoms with Crippen molar-refractivity contribution in [1.82, 2.24) is 15.5 Å². The fraction of sp³-hybridized carbons (Fsp3) is 0.250. The lowest BCUT2D eigenvalue weighted by atomic mass is 10.2. The van der Waals surface area contributed by atoms with Crippen LogP contribution in [0.2, 0.25) is 0 Å². The zero-order valence-electron chi connectivity index (χ0n) is 9.09. The third-order valence-electron chi connectivity index (χ3n) is 2.56. The number of hydrogen-bond acceptors (Lipinski definition) is 4. The van der Waals surface area contributed by atoms with Crippen molar-refractivity contribution in [3.8, 4) is 11.4 Å². The standard InChI is InChI=1S/C12H11N3O2/c16-11(13-9-6-7-9)12-14-10(15-17-12)8-4-2-1-3-5-8/h1-5,9H,6-7H2,(H,13,16). The van der Waals surface area contributed by atoms with E-state index in [0.717, 1.165) is 18.4 Å². The summed E-state index contributed by atoms with van der Waals surface area (Å²) in [5.74, 6) is 0.171. The van der Waals surface area contributed by atoms with Crippen LogP contribution in [-0.2, 0) is 0 Å². The van der Waals surface area contributed by atoms with E-state index >= 15 is 0 Å². The highest BCUT2D eigenvalue weighted by atomic mass is 16.5. The molecule has 0 radical (unpaired) electrons. The Morgan fingerprint density at radius 1 is 1.29 bits per heavy atom. The lowest BCUT2D eigenvalue weighted by Gasteiger charge is -1.95. The first-order chi connectivity index (χ1) is 8.33. The molecule has 0 unspecified atom stereocenters. The highest BCUT2D eigenvalue weighted by molar-refractivity contribution is 5.90. The Hall–Kier alpha value is -2.17. The van der Waals surface area contributed by atoms with E-state index in [-0.39, 0.29) is 17.8 Å². The molecule has 1 aromatic carbocycles. The van der Waals surface area contributed by atoms with Crippen molar-refractivity contribution in [3.05, 3.63) is 36.2 Å². The zero-order valence-corrected chi connectivity index (χ0v) is 9.09. The Morgan fingerprint density at radius 3 is 2.76 bits per heavy atom. The molecule has 1 aromatic heterocycles. The molecule has 3 rings (SSSR count). The molecule has 1 aliphatic carbocycles. The van der Waals surface area contributed by atoms with Crippen molar-refractivity contribution < 1.29 is 9.32 Å². The minimum atomic E-state index is -0.290. The molecular formula is C12H11N3O2. The quantitative estimate of drug-likeness (QED) is 0.868. The predicted molar refractivity (Wildman–Crippen MR) is 60.2 cm³/mol. The van der Waals surface area contributed by atoms with Crippen LogP contribution in [0.3, 0.4) is 0 Å². The average Bonchev–Trinajstić information content (AvgIpc) is 3.04. The molecule has 0 atom stereocenters. The van der Waals surface area contributed by atoms with E-state index < -0.39 is 0 Å². The molecule has 2 aromatic rings. The van der Waals surface area contributed by atoms with E-state index in [0.29, 0.717) is 5.82 Å². The Balaban J connectivity index is 1.80. The van der Waals surface area contributed by atoms with Gasteiger partial charge in [-0.1, -0.05) is 35.5 Å². The van der Waals surface area contributed by atoms with Gasteiger partial charge in [0.25, 0.3) is 0 Å². The van der Waals surface area contributed by atoms with Crippen LogP contribution in [0.15, 0.2) is 34.9 Å². The lowest BCUT2D eigenvalue weighted by molar-refractivity contribution is 0.0907. The summed E-state index contributed by atoms with van der Waals surface area (Å²) in [4.78, 5) is 15.7. The van der Waals surface area contributed by atoms with Gasteiger partial charge in [0, 0.05) is 11.6 Å². The molecule has 0 spiro atoms. The maximum absolute atomic E-state index is 11.6. The Kier molecular flexibility index (Phi) is 2.36. The van der Waals surface area contributed by atoms with Crippen LogP contribution in [0, 0.1) is 0 Å². The minimum Gasteiger partial charge on any atom is -0.345 e. The van der Waals surface area contributed by atoms with Gasteiger partial charge in [-0.15, -0.1) is 0 Å². The fourth-order valence-corrected chi connectivity index (χ4v) is 1.49. The molecule has 1 amide bonds. The Bertz CT molecular complexity index is 532. The molecule has 5 nitrogen and oxygen atoms in total. The highest BCUT2D eigenvalue weighted by Crippen LogP contribution is 2.20. The van der Waals surface area contributed by atoms with Crippen LogP contribution in [0.5, 0.6) is 0 Å². The van der Waals surface area contributed by atoms with Crippen molar-refractivity contribution in [3.63, 3.8) is 0 Å². The van der Waals surface area contributed by atoms with E-state index in [2.05, 4.69) is 15.5 Å². The van der Waals surface area contributed by atoms with E-state index in [4.69, 9.17) is 4.52 Å². The van der Waals surface area contributed by atoms with Gasteiger partial charge in [0.05, 0.1) is 0 Å². The smallest absolute Gasteiger partial charge is 0.316 e. The molecule has 0 aliphatic heterocycles. The topological polar surface area (TPSA) is 68.0 Å². The van der Waals surface area contributed by atoms with E-state index in [9.17, 15) is 4.79 Å². The first-order valence-corrected chi connectivity index (χ1v) is 5.53. The van der Waals surface area contributed by atoms with Gasteiger partial charge in [0.2, 0.25) is 5.82 Å². The van der Waals surface area contributed by atoms with Gasteiger partial charge in [-0.25, -0.2) is 0 Å². The van der Waals surface area contributed by atoms with E-state index in [1.165, 1.54) is 0 Å². The summed E-state index contributed by atoms with van der Waals surface area (Å²) in [5.41, 5.74) is 0.835. The van der Waals surface area contributed by atoms with Gasteiger partial charge in [-0.05, 0) is 12.8 Å². The summed E-state index contributed by atoms with van der Waals surface area (Å²) in [6.45, 7) is 0. The normalized spacial score (nSPS) is 14.6. The molecule has 1 N–H and O–H groups in total. The van der Waals surface area contributed by atoms with E-state index in [1.54, 1.807) is 0 Å². The SMILES string of the molecule is O=C(NC1CC1)c1nc(-c2ccccc2)no1. The number of nitrogens with zero attached hydrogens (tertiary/aromatic N) is 2. The van der Waals surface area contributed by atoms with Crippen LogP contribution in [0.1, 0.15) is 23.5 Å². The van der Waals surface area contributed by atoms with Gasteiger partial charge in [0.15, 0.2) is 0 Å². The van der Waals surface area contributed by atoms with E-state index in [1.807, 2.05) is 30.3 Å². The number of amides is 1. The van der Waals surface area contributed by atoms with Crippen LogP contribution >= 0.6 is 0 Å². The summed E-state index contributed by atoms with van der Waals surface area (Å²) >= 11 is 0. The number of rotatable bonds is 3. The second-order valence-electron chi connectivity index (χ2n) is 4.04. The number of benzene rings is 1. The predicted octanol–water partition coefficient (Wildman–Crippen LogP) is 1.63.